The van der Waals surface area contributed by atoms with Crippen LogP contribution in [0.4, 0.5) is 0 Å². The topological polar surface area (TPSA) is 50.2 Å². The first kappa shape index (κ1) is 34.6. The maximum atomic E-state index is 11.7. The molecular formula is C36H44IrNO2S-. The van der Waals surface area contributed by atoms with E-state index in [2.05, 4.69) is 81.2 Å². The summed E-state index contributed by atoms with van der Waals surface area (Å²) in [7, 11) is 0. The molecule has 0 aliphatic heterocycles. The van der Waals surface area contributed by atoms with Crippen LogP contribution in [0.5, 0.6) is 0 Å². The fourth-order valence-corrected chi connectivity index (χ4v) is 6.16. The summed E-state index contributed by atoms with van der Waals surface area (Å²) in [6, 6.07) is 18.9. The normalized spacial score (nSPS) is 11.4. The molecule has 1 radical (unpaired) electrons. The zero-order chi connectivity index (χ0) is 29.4. The second-order valence-electron chi connectivity index (χ2n) is 10.8. The Morgan fingerprint density at radius 2 is 1.44 bits per heavy atom. The maximum absolute atomic E-state index is 11.7. The van der Waals surface area contributed by atoms with E-state index in [1.54, 1.807) is 11.3 Å². The maximum Gasteiger partial charge on any atom is 0.162 e. The first-order valence-corrected chi connectivity index (χ1v) is 15.3. The van der Waals surface area contributed by atoms with Gasteiger partial charge in [0, 0.05) is 49.1 Å². The zero-order valence-corrected chi connectivity index (χ0v) is 28.9. The van der Waals surface area contributed by atoms with Crippen LogP contribution < -0.4 is 0 Å². The van der Waals surface area contributed by atoms with E-state index in [1.165, 1.54) is 43.3 Å². The van der Waals surface area contributed by atoms with Crippen molar-refractivity contribution in [1.82, 2.24) is 4.98 Å². The van der Waals surface area contributed by atoms with Crippen LogP contribution in [-0.2, 0) is 24.9 Å². The van der Waals surface area contributed by atoms with E-state index in [-0.39, 0.29) is 43.5 Å². The smallest absolute Gasteiger partial charge is 0.162 e. The first-order chi connectivity index (χ1) is 19.1. The summed E-state index contributed by atoms with van der Waals surface area (Å²) < 4.78 is 1.22. The molecule has 1 N–H and O–H groups in total. The minimum absolute atomic E-state index is 0. The van der Waals surface area contributed by atoms with E-state index >= 15 is 0 Å². The number of allylic oxidation sites excluding steroid dienone is 2. The van der Waals surface area contributed by atoms with E-state index in [9.17, 15) is 9.90 Å². The van der Waals surface area contributed by atoms with Gasteiger partial charge in [-0.1, -0.05) is 76.9 Å². The van der Waals surface area contributed by atoms with Crippen molar-refractivity contribution >= 4 is 27.2 Å². The Bertz CT molecular complexity index is 1390. The number of pyridine rings is 1. The average molecular weight is 747 g/mol. The summed E-state index contributed by atoms with van der Waals surface area (Å²) in [5, 5.41) is 11.0. The Morgan fingerprint density at radius 3 is 2.00 bits per heavy atom. The van der Waals surface area contributed by atoms with Crippen molar-refractivity contribution in [2.45, 2.75) is 81.1 Å². The SMILES string of the molecule is CCC(CC)C(=O)/C=C(\O)C(CC)CC.Cc1[c-]c(-c2cc3cc(-c4cc(C)cc(C)c4)sc3cn2)cc(C)c1.[Ir]. The number of hydrogen-bond donors (Lipinski definition) is 1. The van der Waals surface area contributed by atoms with Crippen LogP contribution in [0.15, 0.2) is 60.5 Å². The molecule has 41 heavy (non-hydrogen) atoms. The van der Waals surface area contributed by atoms with Crippen molar-refractivity contribution in [2.75, 3.05) is 0 Å². The van der Waals surface area contributed by atoms with Crippen LogP contribution in [0.25, 0.3) is 31.8 Å². The van der Waals surface area contributed by atoms with Gasteiger partial charge in [-0.3, -0.25) is 4.79 Å². The van der Waals surface area contributed by atoms with Crippen molar-refractivity contribution in [2.24, 2.45) is 11.8 Å². The van der Waals surface area contributed by atoms with Gasteiger partial charge in [0.1, 0.15) is 0 Å². The molecule has 2 aromatic heterocycles. The largest absolute Gasteiger partial charge is 0.512 e. The first-order valence-electron chi connectivity index (χ1n) is 14.5. The number of ketones is 1. The summed E-state index contributed by atoms with van der Waals surface area (Å²) in [5.74, 6) is 0.547. The van der Waals surface area contributed by atoms with Gasteiger partial charge in [0.2, 0.25) is 0 Å². The van der Waals surface area contributed by atoms with Gasteiger partial charge in [0.25, 0.3) is 0 Å². The molecule has 0 amide bonds. The summed E-state index contributed by atoms with van der Waals surface area (Å²) in [5.41, 5.74) is 8.35. The minimum atomic E-state index is 0. The Morgan fingerprint density at radius 1 is 0.854 bits per heavy atom. The Balaban J connectivity index is 0.000000320. The van der Waals surface area contributed by atoms with Crippen molar-refractivity contribution in [3.8, 4) is 21.7 Å². The molecule has 0 saturated carbocycles. The molecule has 0 fully saturated rings. The number of nitrogens with zero attached hydrogens (tertiary/aromatic N) is 1. The number of carbonyl (C=O) groups excluding carboxylic acids is 1. The predicted molar refractivity (Wildman–Crippen MR) is 172 cm³/mol. The van der Waals surface area contributed by atoms with Gasteiger partial charge < -0.3 is 10.1 Å². The average Bonchev–Trinajstić information content (AvgIpc) is 3.33. The molecule has 2 aromatic carbocycles. The van der Waals surface area contributed by atoms with E-state index in [1.807, 2.05) is 33.9 Å². The molecule has 2 heterocycles. The quantitative estimate of drug-likeness (QED) is 0.105. The number of thiophene rings is 1. The molecule has 221 valence electrons. The molecule has 4 rings (SSSR count). The molecule has 0 atom stereocenters. The Labute approximate surface area is 264 Å². The van der Waals surface area contributed by atoms with Crippen molar-refractivity contribution in [3.05, 3.63) is 88.8 Å². The molecule has 0 saturated heterocycles. The van der Waals surface area contributed by atoms with E-state index < -0.39 is 0 Å². The third-order valence-electron chi connectivity index (χ3n) is 7.42. The number of hydrogen-bond acceptors (Lipinski definition) is 4. The predicted octanol–water partition coefficient (Wildman–Crippen LogP) is 10.5. The fourth-order valence-electron chi connectivity index (χ4n) is 5.16. The van der Waals surface area contributed by atoms with E-state index in [4.69, 9.17) is 0 Å². The molecule has 0 spiro atoms. The molecule has 0 aliphatic carbocycles. The second kappa shape index (κ2) is 16.2. The van der Waals surface area contributed by atoms with Crippen molar-refractivity contribution < 1.29 is 30.0 Å². The Hall–Kier alpha value is -2.59. The van der Waals surface area contributed by atoms with Gasteiger partial charge in [0.15, 0.2) is 5.78 Å². The van der Waals surface area contributed by atoms with Crippen molar-refractivity contribution in [3.63, 3.8) is 0 Å². The Kier molecular flexibility index (Phi) is 13.6. The van der Waals surface area contributed by atoms with Gasteiger partial charge in [-0.05, 0) is 62.2 Å². The number of fused-ring (bicyclic) bond motifs is 1. The number of aryl methyl sites for hydroxylation is 4. The number of aliphatic hydroxyl groups is 1. The monoisotopic (exact) mass is 747 g/mol. The molecular weight excluding hydrogens is 703 g/mol. The number of carbonyl (C=O) groups is 1. The molecule has 4 aromatic rings. The van der Waals surface area contributed by atoms with Gasteiger partial charge in [0.05, 0.1) is 10.5 Å². The third-order valence-corrected chi connectivity index (χ3v) is 8.55. The summed E-state index contributed by atoms with van der Waals surface area (Å²) in [6.45, 7) is 16.6. The fraction of sp³-hybridized carbons (Fsp3) is 0.389. The summed E-state index contributed by atoms with van der Waals surface area (Å²) >= 11 is 1.81. The number of benzene rings is 2. The van der Waals surface area contributed by atoms with Crippen LogP contribution in [-0.4, -0.2) is 15.9 Å². The molecule has 0 aliphatic rings. The molecule has 0 bridgehead atoms. The minimum Gasteiger partial charge on any atom is -0.512 e. The number of aliphatic hydroxyl groups excluding tert-OH is 1. The second-order valence-corrected chi connectivity index (χ2v) is 11.9. The van der Waals surface area contributed by atoms with E-state index in [0.29, 0.717) is 0 Å². The summed E-state index contributed by atoms with van der Waals surface area (Å²) in [6.07, 6.45) is 6.90. The van der Waals surface area contributed by atoms with Gasteiger partial charge in [-0.2, -0.15) is 0 Å². The van der Waals surface area contributed by atoms with Crippen LogP contribution in [0.1, 0.15) is 75.6 Å². The molecule has 5 heteroatoms. The van der Waals surface area contributed by atoms with Crippen LogP contribution in [0, 0.1) is 45.6 Å². The molecule has 3 nitrogen and oxygen atoms in total. The van der Waals surface area contributed by atoms with E-state index in [0.717, 1.165) is 42.5 Å². The van der Waals surface area contributed by atoms with Gasteiger partial charge in [-0.15, -0.1) is 46.2 Å². The zero-order valence-electron chi connectivity index (χ0n) is 25.7. The van der Waals surface area contributed by atoms with Crippen LogP contribution in [0.2, 0.25) is 0 Å². The number of aromatic nitrogens is 1. The van der Waals surface area contributed by atoms with Crippen LogP contribution >= 0.6 is 11.3 Å². The standard InChI is InChI=1S/C23H20NS.C13H24O2.Ir/c1-14-5-15(2)8-18(7-14)21-11-20-12-22(25-23(20)13-24-21)19-9-16(3)6-17(4)10-19;1-5-10(6-2)12(14)9-13(15)11(7-3)8-4;/h5-7,9-13H,1-4H3;9-11,14H,5-8H2,1-4H3;/q-1;;/b;12-9-;. The van der Waals surface area contributed by atoms with Gasteiger partial charge >= 0.3 is 0 Å². The molecule has 0 unspecified atom stereocenters. The van der Waals surface area contributed by atoms with Crippen molar-refractivity contribution in [1.29, 1.82) is 0 Å². The third kappa shape index (κ3) is 9.46. The number of rotatable bonds is 9. The van der Waals surface area contributed by atoms with Gasteiger partial charge in [-0.25, -0.2) is 0 Å². The van der Waals surface area contributed by atoms with Crippen LogP contribution in [0.3, 0.4) is 0 Å². The summed E-state index contributed by atoms with van der Waals surface area (Å²) in [4.78, 5) is 17.7.